The Bertz CT molecular complexity index is 231. The zero-order chi connectivity index (χ0) is 12.6. The van der Waals surface area contributed by atoms with Gasteiger partial charge in [0.1, 0.15) is 13.2 Å². The summed E-state index contributed by atoms with van der Waals surface area (Å²) in [6.07, 6.45) is -0.588. The Balaban J connectivity index is 4.08. The molecule has 0 aromatic rings. The van der Waals surface area contributed by atoms with Crippen molar-refractivity contribution in [1.29, 1.82) is 0 Å². The van der Waals surface area contributed by atoms with Gasteiger partial charge in [-0.1, -0.05) is 0 Å². The Morgan fingerprint density at radius 2 is 2.06 bits per heavy atom. The molecule has 0 atom stereocenters. The number of aliphatic hydroxyl groups excluding tert-OH is 1. The van der Waals surface area contributed by atoms with Crippen LogP contribution in [0.15, 0.2) is 0 Å². The van der Waals surface area contributed by atoms with Crippen LogP contribution < -0.4 is 5.32 Å². The molecule has 0 aliphatic heterocycles. The third-order valence-electron chi connectivity index (χ3n) is 1.74. The quantitative estimate of drug-likeness (QED) is 0.673. The number of amides is 2. The topological polar surface area (TPSA) is 78.9 Å². The van der Waals surface area contributed by atoms with Crippen molar-refractivity contribution in [3.8, 4) is 0 Å². The van der Waals surface area contributed by atoms with Gasteiger partial charge in [0, 0.05) is 12.6 Å². The third-order valence-corrected chi connectivity index (χ3v) is 1.74. The lowest BCUT2D eigenvalue weighted by Crippen LogP contribution is -2.43. The van der Waals surface area contributed by atoms with Gasteiger partial charge < -0.3 is 15.2 Å². The van der Waals surface area contributed by atoms with E-state index in [0.29, 0.717) is 6.54 Å². The molecule has 0 saturated heterocycles. The molecule has 94 valence electrons. The minimum atomic E-state index is -0.588. The minimum Gasteiger partial charge on any atom is -0.447 e. The zero-order valence-corrected chi connectivity index (χ0v) is 10.0. The average Bonchev–Trinajstić information content (AvgIpc) is 2.21. The molecule has 0 aromatic carbocycles. The summed E-state index contributed by atoms with van der Waals surface area (Å²) in [4.78, 5) is 24.0. The molecule has 0 unspecified atom stereocenters. The van der Waals surface area contributed by atoms with E-state index in [-0.39, 0.29) is 31.7 Å². The lowest BCUT2D eigenvalue weighted by molar-refractivity contribution is -0.122. The highest BCUT2D eigenvalue weighted by Crippen LogP contribution is 1.94. The third kappa shape index (κ3) is 6.23. The minimum absolute atomic E-state index is 0.0288. The van der Waals surface area contributed by atoms with Gasteiger partial charge in [-0.2, -0.15) is 0 Å². The number of hydrogen-bond acceptors (Lipinski definition) is 4. The van der Waals surface area contributed by atoms with Gasteiger partial charge in [-0.15, -0.1) is 0 Å². The standard InChI is InChI=1S/C10H20N2O4/c1-4-12(10(15)16-6-5-13)7-9(14)11-8(2)3/h8,13H,4-7H2,1-3H3,(H,11,14). The number of aliphatic hydroxyl groups is 1. The van der Waals surface area contributed by atoms with Gasteiger partial charge in [-0.3, -0.25) is 9.69 Å². The first-order valence-corrected chi connectivity index (χ1v) is 5.33. The normalized spacial score (nSPS) is 10.1. The first-order valence-electron chi connectivity index (χ1n) is 5.33. The highest BCUT2D eigenvalue weighted by molar-refractivity contribution is 5.82. The Hall–Kier alpha value is -1.30. The van der Waals surface area contributed by atoms with E-state index in [2.05, 4.69) is 5.32 Å². The van der Waals surface area contributed by atoms with Gasteiger partial charge in [0.25, 0.3) is 0 Å². The summed E-state index contributed by atoms with van der Waals surface area (Å²) in [5, 5.41) is 11.2. The molecule has 0 saturated carbocycles. The maximum absolute atomic E-state index is 11.4. The molecule has 0 aliphatic rings. The van der Waals surface area contributed by atoms with Crippen LogP contribution in [0.1, 0.15) is 20.8 Å². The van der Waals surface area contributed by atoms with Gasteiger partial charge >= 0.3 is 6.09 Å². The number of hydrogen-bond donors (Lipinski definition) is 2. The lowest BCUT2D eigenvalue weighted by atomic mass is 10.4. The molecule has 16 heavy (non-hydrogen) atoms. The van der Waals surface area contributed by atoms with Gasteiger partial charge in [-0.25, -0.2) is 4.79 Å². The van der Waals surface area contributed by atoms with Crippen molar-refractivity contribution in [1.82, 2.24) is 10.2 Å². The van der Waals surface area contributed by atoms with Crippen molar-refractivity contribution in [2.75, 3.05) is 26.3 Å². The van der Waals surface area contributed by atoms with Gasteiger partial charge in [0.2, 0.25) is 5.91 Å². The largest absolute Gasteiger partial charge is 0.447 e. The Labute approximate surface area is 95.6 Å². The number of likely N-dealkylation sites (N-methyl/N-ethyl adjacent to an activating group) is 1. The highest BCUT2D eigenvalue weighted by atomic mass is 16.6. The summed E-state index contributed by atoms with van der Waals surface area (Å²) in [6, 6.07) is 0.0414. The number of rotatable bonds is 6. The average molecular weight is 232 g/mol. The SMILES string of the molecule is CCN(CC(=O)NC(C)C)C(=O)OCCO. The summed E-state index contributed by atoms with van der Waals surface area (Å²) in [5.74, 6) is -0.224. The van der Waals surface area contributed by atoms with E-state index >= 15 is 0 Å². The molecule has 6 heteroatoms. The second-order valence-corrected chi connectivity index (χ2v) is 3.57. The summed E-state index contributed by atoms with van der Waals surface area (Å²) in [6.45, 7) is 5.52. The number of ether oxygens (including phenoxy) is 1. The van der Waals surface area contributed by atoms with Crippen LogP contribution in [-0.4, -0.2) is 54.4 Å². The smallest absolute Gasteiger partial charge is 0.410 e. The highest BCUT2D eigenvalue weighted by Gasteiger charge is 2.16. The van der Waals surface area contributed by atoms with Gasteiger partial charge in [0.05, 0.1) is 6.61 Å². The fourth-order valence-electron chi connectivity index (χ4n) is 1.07. The summed E-state index contributed by atoms with van der Waals surface area (Å²) >= 11 is 0. The second-order valence-electron chi connectivity index (χ2n) is 3.57. The lowest BCUT2D eigenvalue weighted by Gasteiger charge is -2.20. The number of nitrogens with one attached hydrogen (secondary N) is 1. The van der Waals surface area contributed by atoms with Crippen molar-refractivity contribution in [2.24, 2.45) is 0 Å². The molecular formula is C10H20N2O4. The molecule has 0 spiro atoms. The van der Waals surface area contributed by atoms with Crippen molar-refractivity contribution in [2.45, 2.75) is 26.8 Å². The second kappa shape index (κ2) is 7.92. The Morgan fingerprint density at radius 3 is 2.50 bits per heavy atom. The van der Waals surface area contributed by atoms with Crippen molar-refractivity contribution in [3.63, 3.8) is 0 Å². The molecule has 0 heterocycles. The maximum Gasteiger partial charge on any atom is 0.410 e. The van der Waals surface area contributed by atoms with E-state index in [0.717, 1.165) is 0 Å². The molecule has 2 amide bonds. The number of carbonyl (C=O) groups is 2. The first kappa shape index (κ1) is 14.7. The van der Waals surface area contributed by atoms with Crippen molar-refractivity contribution >= 4 is 12.0 Å². The van der Waals surface area contributed by atoms with E-state index in [9.17, 15) is 9.59 Å². The number of carbonyl (C=O) groups excluding carboxylic acids is 2. The van der Waals surface area contributed by atoms with Crippen LogP contribution >= 0.6 is 0 Å². The predicted molar refractivity (Wildman–Crippen MR) is 59.0 cm³/mol. The van der Waals surface area contributed by atoms with Crippen LogP contribution in [0.25, 0.3) is 0 Å². The van der Waals surface area contributed by atoms with Crippen LogP contribution in [0.5, 0.6) is 0 Å². The fourth-order valence-corrected chi connectivity index (χ4v) is 1.07. The van der Waals surface area contributed by atoms with E-state index in [4.69, 9.17) is 9.84 Å². The fraction of sp³-hybridized carbons (Fsp3) is 0.800. The first-order chi connectivity index (χ1) is 7.51. The van der Waals surface area contributed by atoms with Gasteiger partial charge in [-0.05, 0) is 20.8 Å². The zero-order valence-electron chi connectivity index (χ0n) is 10.0. The monoisotopic (exact) mass is 232 g/mol. The van der Waals surface area contributed by atoms with Crippen LogP contribution in [0.3, 0.4) is 0 Å². The summed E-state index contributed by atoms with van der Waals surface area (Å²) in [7, 11) is 0. The van der Waals surface area contributed by atoms with E-state index < -0.39 is 6.09 Å². The van der Waals surface area contributed by atoms with E-state index in [1.165, 1.54) is 4.90 Å². The van der Waals surface area contributed by atoms with Crippen LogP contribution in [0, 0.1) is 0 Å². The maximum atomic E-state index is 11.4. The van der Waals surface area contributed by atoms with Crippen LogP contribution in [0.2, 0.25) is 0 Å². The summed E-state index contributed by atoms with van der Waals surface area (Å²) < 4.78 is 4.71. The van der Waals surface area contributed by atoms with Crippen molar-refractivity contribution < 1.29 is 19.4 Å². The van der Waals surface area contributed by atoms with Gasteiger partial charge in [0.15, 0.2) is 0 Å². The number of nitrogens with zero attached hydrogens (tertiary/aromatic N) is 1. The Kier molecular flexibility index (Phi) is 7.28. The van der Waals surface area contributed by atoms with Crippen LogP contribution in [-0.2, 0) is 9.53 Å². The molecule has 0 rings (SSSR count). The van der Waals surface area contributed by atoms with E-state index in [1.54, 1.807) is 6.92 Å². The van der Waals surface area contributed by atoms with E-state index in [1.807, 2.05) is 13.8 Å². The molecule has 0 fully saturated rings. The molecule has 2 N–H and O–H groups in total. The van der Waals surface area contributed by atoms with Crippen molar-refractivity contribution in [3.05, 3.63) is 0 Å². The molecule has 0 aliphatic carbocycles. The summed E-state index contributed by atoms with van der Waals surface area (Å²) in [5.41, 5.74) is 0. The molecule has 6 nitrogen and oxygen atoms in total. The molecule has 0 radical (unpaired) electrons. The molecule has 0 bridgehead atoms. The van der Waals surface area contributed by atoms with Crippen LogP contribution in [0.4, 0.5) is 4.79 Å². The molecular weight excluding hydrogens is 212 g/mol. The molecule has 0 aromatic heterocycles. The predicted octanol–water partition coefficient (Wildman–Crippen LogP) is -0.0382. The Morgan fingerprint density at radius 1 is 1.44 bits per heavy atom.